The average molecular weight is 251 g/mol. The molecular weight excluding hydrogens is 226 g/mol. The Bertz CT molecular complexity index is 364. The SMILES string of the molecule is COc1cc(NCCC(C)C)nc(CC(C)C)n1. The molecule has 0 unspecified atom stereocenters. The summed E-state index contributed by atoms with van der Waals surface area (Å²) in [6, 6.07) is 1.85. The van der Waals surface area contributed by atoms with Gasteiger partial charge in [-0.25, -0.2) is 4.98 Å². The molecular formula is C14H25N3O. The standard InChI is InChI=1S/C14H25N3O/c1-10(2)6-7-15-12-9-14(18-5)17-13(16-12)8-11(3)4/h9-11H,6-8H2,1-5H3,(H,15,16,17). The van der Waals surface area contributed by atoms with Crippen molar-refractivity contribution in [2.24, 2.45) is 11.8 Å². The van der Waals surface area contributed by atoms with E-state index in [1.54, 1.807) is 7.11 Å². The zero-order valence-electron chi connectivity index (χ0n) is 12.2. The molecule has 0 fully saturated rings. The maximum absolute atomic E-state index is 5.21. The highest BCUT2D eigenvalue weighted by molar-refractivity contribution is 5.38. The highest BCUT2D eigenvalue weighted by Crippen LogP contribution is 2.15. The Morgan fingerprint density at radius 3 is 2.44 bits per heavy atom. The fourth-order valence-corrected chi connectivity index (χ4v) is 1.61. The van der Waals surface area contributed by atoms with Crippen LogP contribution in [0.4, 0.5) is 5.82 Å². The van der Waals surface area contributed by atoms with Gasteiger partial charge in [-0.2, -0.15) is 4.98 Å². The topological polar surface area (TPSA) is 47.0 Å². The molecule has 1 rings (SSSR count). The van der Waals surface area contributed by atoms with E-state index in [1.165, 1.54) is 0 Å². The van der Waals surface area contributed by atoms with Gasteiger partial charge in [0.1, 0.15) is 11.6 Å². The van der Waals surface area contributed by atoms with Gasteiger partial charge in [-0.05, 0) is 18.3 Å². The summed E-state index contributed by atoms with van der Waals surface area (Å²) in [5, 5.41) is 3.33. The number of hydrogen-bond donors (Lipinski definition) is 1. The van der Waals surface area contributed by atoms with Crippen LogP contribution in [0.15, 0.2) is 6.07 Å². The first kappa shape index (κ1) is 14.7. The van der Waals surface area contributed by atoms with Crippen molar-refractivity contribution < 1.29 is 4.74 Å². The van der Waals surface area contributed by atoms with Gasteiger partial charge in [-0.15, -0.1) is 0 Å². The van der Waals surface area contributed by atoms with Gasteiger partial charge in [0.15, 0.2) is 0 Å². The molecule has 0 saturated heterocycles. The first-order valence-electron chi connectivity index (χ1n) is 6.67. The maximum atomic E-state index is 5.21. The predicted molar refractivity (Wildman–Crippen MR) is 75.1 cm³/mol. The third kappa shape index (κ3) is 5.34. The molecule has 4 nitrogen and oxygen atoms in total. The fourth-order valence-electron chi connectivity index (χ4n) is 1.61. The minimum Gasteiger partial charge on any atom is -0.481 e. The van der Waals surface area contributed by atoms with Gasteiger partial charge in [0.25, 0.3) is 0 Å². The van der Waals surface area contributed by atoms with E-state index in [9.17, 15) is 0 Å². The summed E-state index contributed by atoms with van der Waals surface area (Å²) < 4.78 is 5.21. The van der Waals surface area contributed by atoms with Crippen molar-refractivity contribution >= 4 is 5.82 Å². The van der Waals surface area contributed by atoms with Gasteiger partial charge in [-0.1, -0.05) is 27.7 Å². The third-order valence-electron chi connectivity index (χ3n) is 2.58. The van der Waals surface area contributed by atoms with Crippen molar-refractivity contribution in [2.75, 3.05) is 19.0 Å². The Morgan fingerprint density at radius 2 is 1.89 bits per heavy atom. The zero-order valence-corrected chi connectivity index (χ0v) is 12.2. The van der Waals surface area contributed by atoms with Crippen molar-refractivity contribution in [2.45, 2.75) is 40.5 Å². The summed E-state index contributed by atoms with van der Waals surface area (Å²) in [6.45, 7) is 9.68. The van der Waals surface area contributed by atoms with Crippen LogP contribution in [-0.4, -0.2) is 23.6 Å². The summed E-state index contributed by atoms with van der Waals surface area (Å²) in [5.74, 6) is 3.57. The number of ether oxygens (including phenoxy) is 1. The number of nitrogens with zero attached hydrogens (tertiary/aromatic N) is 2. The minimum absolute atomic E-state index is 0.542. The highest BCUT2D eigenvalue weighted by Gasteiger charge is 2.07. The Labute approximate surface area is 110 Å². The third-order valence-corrected chi connectivity index (χ3v) is 2.58. The van der Waals surface area contributed by atoms with Gasteiger partial charge >= 0.3 is 0 Å². The average Bonchev–Trinajstić information content (AvgIpc) is 2.27. The Morgan fingerprint density at radius 1 is 1.17 bits per heavy atom. The molecule has 0 aromatic carbocycles. The van der Waals surface area contributed by atoms with Crippen LogP contribution >= 0.6 is 0 Å². The van der Waals surface area contributed by atoms with E-state index in [0.29, 0.717) is 17.7 Å². The van der Waals surface area contributed by atoms with Crippen LogP contribution in [0.3, 0.4) is 0 Å². The second kappa shape index (κ2) is 7.19. The lowest BCUT2D eigenvalue weighted by Gasteiger charge is -2.11. The molecule has 1 N–H and O–H groups in total. The van der Waals surface area contributed by atoms with E-state index in [0.717, 1.165) is 31.0 Å². The minimum atomic E-state index is 0.542. The second-order valence-corrected chi connectivity index (χ2v) is 5.42. The molecule has 0 radical (unpaired) electrons. The summed E-state index contributed by atoms with van der Waals surface area (Å²) in [5.41, 5.74) is 0. The van der Waals surface area contributed by atoms with Crippen LogP contribution in [0.1, 0.15) is 39.9 Å². The van der Waals surface area contributed by atoms with E-state index in [4.69, 9.17) is 4.74 Å². The molecule has 0 amide bonds. The monoisotopic (exact) mass is 251 g/mol. The van der Waals surface area contributed by atoms with Gasteiger partial charge in [0.05, 0.1) is 7.11 Å². The zero-order chi connectivity index (χ0) is 13.5. The van der Waals surface area contributed by atoms with E-state index < -0.39 is 0 Å². The molecule has 1 heterocycles. The number of aromatic nitrogens is 2. The summed E-state index contributed by atoms with van der Waals surface area (Å²) in [4.78, 5) is 8.88. The van der Waals surface area contributed by atoms with Gasteiger partial charge in [0.2, 0.25) is 5.88 Å². The van der Waals surface area contributed by atoms with Crippen molar-refractivity contribution in [1.29, 1.82) is 0 Å². The van der Waals surface area contributed by atoms with Crippen molar-refractivity contribution in [3.8, 4) is 5.88 Å². The summed E-state index contributed by atoms with van der Waals surface area (Å²) in [6.07, 6.45) is 2.00. The van der Waals surface area contributed by atoms with E-state index >= 15 is 0 Å². The Kier molecular flexibility index (Phi) is 5.89. The highest BCUT2D eigenvalue weighted by atomic mass is 16.5. The van der Waals surface area contributed by atoms with Crippen molar-refractivity contribution in [3.05, 3.63) is 11.9 Å². The molecule has 1 aromatic rings. The molecule has 0 aliphatic heterocycles. The molecule has 0 saturated carbocycles. The smallest absolute Gasteiger partial charge is 0.218 e. The summed E-state index contributed by atoms with van der Waals surface area (Å²) in [7, 11) is 1.64. The number of nitrogens with one attached hydrogen (secondary N) is 1. The molecule has 0 aliphatic carbocycles. The number of hydrogen-bond acceptors (Lipinski definition) is 4. The molecule has 4 heteroatoms. The second-order valence-electron chi connectivity index (χ2n) is 5.42. The van der Waals surface area contributed by atoms with Crippen LogP contribution in [0.2, 0.25) is 0 Å². The predicted octanol–water partition coefficient (Wildman–Crippen LogP) is 3.14. The fraction of sp³-hybridized carbons (Fsp3) is 0.714. The lowest BCUT2D eigenvalue weighted by atomic mass is 10.1. The maximum Gasteiger partial charge on any atom is 0.218 e. The largest absolute Gasteiger partial charge is 0.481 e. The molecule has 18 heavy (non-hydrogen) atoms. The molecule has 0 bridgehead atoms. The lowest BCUT2D eigenvalue weighted by Crippen LogP contribution is -2.09. The van der Waals surface area contributed by atoms with Gasteiger partial charge in [-0.3, -0.25) is 0 Å². The Hall–Kier alpha value is -1.32. The molecule has 102 valence electrons. The first-order valence-corrected chi connectivity index (χ1v) is 6.67. The van der Waals surface area contributed by atoms with Gasteiger partial charge in [0, 0.05) is 19.0 Å². The van der Waals surface area contributed by atoms with Gasteiger partial charge < -0.3 is 10.1 Å². The summed E-state index contributed by atoms with van der Waals surface area (Å²) >= 11 is 0. The lowest BCUT2D eigenvalue weighted by molar-refractivity contribution is 0.394. The normalized spacial score (nSPS) is 11.1. The van der Waals surface area contributed by atoms with Crippen LogP contribution < -0.4 is 10.1 Å². The Balaban J connectivity index is 2.70. The molecule has 1 aromatic heterocycles. The van der Waals surface area contributed by atoms with Crippen LogP contribution in [0, 0.1) is 11.8 Å². The van der Waals surface area contributed by atoms with Crippen LogP contribution in [-0.2, 0) is 6.42 Å². The molecule has 0 atom stereocenters. The quantitative estimate of drug-likeness (QED) is 0.808. The van der Waals surface area contributed by atoms with E-state index in [1.807, 2.05) is 6.07 Å². The van der Waals surface area contributed by atoms with Crippen molar-refractivity contribution in [3.63, 3.8) is 0 Å². The molecule has 0 spiro atoms. The number of anilines is 1. The number of methoxy groups -OCH3 is 1. The van der Waals surface area contributed by atoms with E-state index in [-0.39, 0.29) is 0 Å². The van der Waals surface area contributed by atoms with Crippen LogP contribution in [0.5, 0.6) is 5.88 Å². The molecule has 0 aliphatic rings. The van der Waals surface area contributed by atoms with Crippen molar-refractivity contribution in [1.82, 2.24) is 9.97 Å². The first-order chi connectivity index (χ1) is 8.51. The van der Waals surface area contributed by atoms with E-state index in [2.05, 4.69) is 43.0 Å². The number of rotatable bonds is 7. The van der Waals surface area contributed by atoms with Crippen LogP contribution in [0.25, 0.3) is 0 Å².